The zero-order valence-corrected chi connectivity index (χ0v) is 16.2. The predicted molar refractivity (Wildman–Crippen MR) is 111 cm³/mol. The van der Waals surface area contributed by atoms with Crippen LogP contribution in [0, 0.1) is 0 Å². The van der Waals surface area contributed by atoms with Gasteiger partial charge in [-0.15, -0.1) is 0 Å². The Balaban J connectivity index is 1.27. The number of pyridine rings is 1. The molecular weight excluding hydrogens is 380 g/mol. The molecule has 1 atom stereocenters. The zero-order chi connectivity index (χ0) is 20.3. The molecule has 0 saturated heterocycles. The third kappa shape index (κ3) is 3.82. The van der Waals surface area contributed by atoms with Gasteiger partial charge >= 0.3 is 0 Å². The van der Waals surface area contributed by atoms with Gasteiger partial charge in [-0.05, 0) is 42.0 Å². The molecule has 4 aromatic rings. The second-order valence-corrected chi connectivity index (χ2v) is 7.17. The molecule has 0 saturated carbocycles. The highest BCUT2D eigenvalue weighted by molar-refractivity contribution is 5.97. The smallest absolute Gasteiger partial charge is 0.251 e. The van der Waals surface area contributed by atoms with Gasteiger partial charge in [0, 0.05) is 36.1 Å². The Morgan fingerprint density at radius 3 is 2.90 bits per heavy atom. The molecule has 1 aliphatic rings. The van der Waals surface area contributed by atoms with Gasteiger partial charge in [0.2, 0.25) is 0 Å². The molecule has 0 aliphatic carbocycles. The second kappa shape index (κ2) is 7.87. The first-order chi connectivity index (χ1) is 14.7. The van der Waals surface area contributed by atoms with Crippen molar-refractivity contribution in [1.82, 2.24) is 20.1 Å². The maximum absolute atomic E-state index is 12.5. The van der Waals surface area contributed by atoms with E-state index in [1.165, 1.54) is 0 Å². The number of nitrogens with one attached hydrogen (secondary N) is 1. The fraction of sp³-hybridized carbons (Fsp3) is 0.174. The van der Waals surface area contributed by atoms with Crippen molar-refractivity contribution < 1.29 is 14.3 Å². The van der Waals surface area contributed by atoms with Crippen molar-refractivity contribution in [1.29, 1.82) is 0 Å². The van der Waals surface area contributed by atoms with E-state index in [9.17, 15) is 4.79 Å². The largest absolute Gasteiger partial charge is 0.486 e. The monoisotopic (exact) mass is 400 g/mol. The van der Waals surface area contributed by atoms with Crippen LogP contribution in [0.1, 0.15) is 15.9 Å². The minimum absolute atomic E-state index is 0.128. The van der Waals surface area contributed by atoms with Gasteiger partial charge in [0.1, 0.15) is 6.61 Å². The topological polar surface area (TPSA) is 78.3 Å². The van der Waals surface area contributed by atoms with Crippen molar-refractivity contribution >= 4 is 16.8 Å². The Kier molecular flexibility index (Phi) is 4.77. The second-order valence-electron chi connectivity index (χ2n) is 7.17. The Labute approximate surface area is 173 Å². The molecule has 1 unspecified atom stereocenters. The number of aromatic nitrogens is 3. The van der Waals surface area contributed by atoms with E-state index in [2.05, 4.69) is 15.4 Å². The maximum atomic E-state index is 12.5. The fourth-order valence-electron chi connectivity index (χ4n) is 3.46. The van der Waals surface area contributed by atoms with E-state index in [0.717, 1.165) is 28.0 Å². The van der Waals surface area contributed by atoms with Gasteiger partial charge < -0.3 is 14.8 Å². The molecule has 0 radical (unpaired) electrons. The third-order valence-corrected chi connectivity index (χ3v) is 4.95. The SMILES string of the molecule is O=C(NCc1cccnc1)c1ccc2nn(CC3COc4ccccc4O3)cc2c1. The summed E-state index contributed by atoms with van der Waals surface area (Å²) in [6.07, 6.45) is 5.25. The lowest BCUT2D eigenvalue weighted by atomic mass is 10.1. The van der Waals surface area contributed by atoms with Crippen LogP contribution in [0.15, 0.2) is 73.2 Å². The first-order valence-electron chi connectivity index (χ1n) is 9.77. The highest BCUT2D eigenvalue weighted by atomic mass is 16.6. The summed E-state index contributed by atoms with van der Waals surface area (Å²) in [7, 11) is 0. The van der Waals surface area contributed by atoms with Crippen LogP contribution in [-0.2, 0) is 13.1 Å². The summed E-state index contributed by atoms with van der Waals surface area (Å²) in [5.74, 6) is 1.38. The van der Waals surface area contributed by atoms with Gasteiger partial charge in [-0.3, -0.25) is 14.5 Å². The van der Waals surface area contributed by atoms with Crippen LogP contribution in [0.5, 0.6) is 11.5 Å². The predicted octanol–water partition coefficient (Wildman–Crippen LogP) is 3.20. The van der Waals surface area contributed by atoms with Crippen molar-refractivity contribution in [2.24, 2.45) is 0 Å². The third-order valence-electron chi connectivity index (χ3n) is 4.95. The van der Waals surface area contributed by atoms with Gasteiger partial charge in [-0.1, -0.05) is 18.2 Å². The van der Waals surface area contributed by atoms with Crippen molar-refractivity contribution in [2.75, 3.05) is 6.61 Å². The van der Waals surface area contributed by atoms with Gasteiger partial charge in [-0.2, -0.15) is 5.10 Å². The summed E-state index contributed by atoms with van der Waals surface area (Å²) in [5, 5.41) is 8.42. The van der Waals surface area contributed by atoms with E-state index in [0.29, 0.717) is 25.3 Å². The average Bonchev–Trinajstić information content (AvgIpc) is 3.19. The highest BCUT2D eigenvalue weighted by Crippen LogP contribution is 2.31. The number of hydrogen-bond donors (Lipinski definition) is 1. The van der Waals surface area contributed by atoms with Gasteiger partial charge in [0.25, 0.3) is 5.91 Å². The van der Waals surface area contributed by atoms with E-state index < -0.39 is 0 Å². The van der Waals surface area contributed by atoms with Crippen LogP contribution in [0.4, 0.5) is 0 Å². The summed E-state index contributed by atoms with van der Waals surface area (Å²) < 4.78 is 13.6. The highest BCUT2D eigenvalue weighted by Gasteiger charge is 2.21. The number of fused-ring (bicyclic) bond motifs is 2. The molecule has 3 heterocycles. The molecular formula is C23H20N4O3. The molecule has 7 nitrogen and oxygen atoms in total. The number of para-hydroxylation sites is 2. The number of benzene rings is 2. The summed E-state index contributed by atoms with van der Waals surface area (Å²) in [4.78, 5) is 16.6. The number of carbonyl (C=O) groups is 1. The number of nitrogens with zero attached hydrogens (tertiary/aromatic N) is 3. The molecule has 0 fully saturated rings. The maximum Gasteiger partial charge on any atom is 0.251 e. The Morgan fingerprint density at radius 1 is 1.13 bits per heavy atom. The Morgan fingerprint density at radius 2 is 2.03 bits per heavy atom. The molecule has 5 rings (SSSR count). The quantitative estimate of drug-likeness (QED) is 0.557. The van der Waals surface area contributed by atoms with Crippen molar-refractivity contribution in [3.63, 3.8) is 0 Å². The van der Waals surface area contributed by atoms with Gasteiger partial charge in [0.15, 0.2) is 17.6 Å². The van der Waals surface area contributed by atoms with E-state index in [-0.39, 0.29) is 12.0 Å². The number of rotatable bonds is 5. The van der Waals surface area contributed by atoms with Crippen LogP contribution in [0.25, 0.3) is 10.9 Å². The number of ether oxygens (including phenoxy) is 2. The van der Waals surface area contributed by atoms with Gasteiger partial charge in [-0.25, -0.2) is 0 Å². The van der Waals surface area contributed by atoms with E-state index in [4.69, 9.17) is 9.47 Å². The molecule has 1 N–H and O–H groups in total. The molecule has 1 amide bonds. The Bertz CT molecular complexity index is 1190. The fourth-order valence-corrected chi connectivity index (χ4v) is 3.46. The summed E-state index contributed by atoms with van der Waals surface area (Å²) >= 11 is 0. The van der Waals surface area contributed by atoms with Crippen molar-refractivity contribution in [2.45, 2.75) is 19.2 Å². The standard InChI is InChI=1S/C23H20N4O3/c28-23(25-12-16-4-3-9-24-11-16)17-7-8-20-18(10-17)13-27(26-20)14-19-15-29-21-5-1-2-6-22(21)30-19/h1-11,13,19H,12,14-15H2,(H,25,28). The molecule has 0 spiro atoms. The lowest BCUT2D eigenvalue weighted by molar-refractivity contribution is 0.0760. The molecule has 1 aliphatic heterocycles. The van der Waals surface area contributed by atoms with E-state index in [1.807, 2.05) is 59.4 Å². The number of amides is 1. The molecule has 7 heteroatoms. The van der Waals surface area contributed by atoms with Crippen LogP contribution in [-0.4, -0.2) is 33.4 Å². The van der Waals surface area contributed by atoms with E-state index in [1.54, 1.807) is 18.5 Å². The van der Waals surface area contributed by atoms with Crippen molar-refractivity contribution in [3.8, 4) is 11.5 Å². The molecule has 2 aromatic heterocycles. The summed E-state index contributed by atoms with van der Waals surface area (Å²) in [6.45, 7) is 1.46. The first-order valence-corrected chi connectivity index (χ1v) is 9.77. The molecule has 0 bridgehead atoms. The number of carbonyl (C=O) groups excluding carboxylic acids is 1. The van der Waals surface area contributed by atoms with Gasteiger partial charge in [0.05, 0.1) is 12.1 Å². The van der Waals surface area contributed by atoms with E-state index >= 15 is 0 Å². The Hall–Kier alpha value is -3.87. The van der Waals surface area contributed by atoms with Crippen LogP contribution in [0.3, 0.4) is 0 Å². The lowest BCUT2D eigenvalue weighted by Crippen LogP contribution is -2.33. The molecule has 150 valence electrons. The van der Waals surface area contributed by atoms with Crippen molar-refractivity contribution in [3.05, 3.63) is 84.3 Å². The first kappa shape index (κ1) is 18.2. The zero-order valence-electron chi connectivity index (χ0n) is 16.2. The normalized spacial score (nSPS) is 15.1. The number of hydrogen-bond acceptors (Lipinski definition) is 5. The minimum atomic E-state index is -0.130. The molecule has 2 aromatic carbocycles. The van der Waals surface area contributed by atoms with Crippen LogP contribution >= 0.6 is 0 Å². The van der Waals surface area contributed by atoms with Crippen LogP contribution < -0.4 is 14.8 Å². The minimum Gasteiger partial charge on any atom is -0.486 e. The summed E-state index contributed by atoms with van der Waals surface area (Å²) in [6, 6.07) is 16.9. The summed E-state index contributed by atoms with van der Waals surface area (Å²) in [5.41, 5.74) is 2.38. The molecule has 30 heavy (non-hydrogen) atoms. The van der Waals surface area contributed by atoms with Crippen LogP contribution in [0.2, 0.25) is 0 Å². The average molecular weight is 400 g/mol. The lowest BCUT2D eigenvalue weighted by Gasteiger charge is -2.26.